The average Bonchev–Trinajstić information content (AvgIpc) is 3.52. The lowest BCUT2D eigenvalue weighted by molar-refractivity contribution is -0.0807. The average molecular weight is 559 g/mol. The molecule has 3 aromatic heterocycles. The number of rotatable bonds is 6. The van der Waals surface area contributed by atoms with E-state index in [1.807, 2.05) is 6.07 Å². The summed E-state index contributed by atoms with van der Waals surface area (Å²) in [5.41, 5.74) is 2.41. The summed E-state index contributed by atoms with van der Waals surface area (Å²) in [6.45, 7) is 5.45. The Kier molecular flexibility index (Phi) is 6.39. The predicted molar refractivity (Wildman–Crippen MR) is 140 cm³/mol. The van der Waals surface area contributed by atoms with Crippen LogP contribution in [-0.4, -0.2) is 98.4 Å². The van der Waals surface area contributed by atoms with Crippen LogP contribution in [0.15, 0.2) is 36.4 Å². The Morgan fingerprint density at radius 3 is 2.48 bits per heavy atom. The van der Waals surface area contributed by atoms with Crippen LogP contribution in [-0.2, 0) is 11.3 Å². The van der Waals surface area contributed by atoms with E-state index in [2.05, 4.69) is 19.7 Å². The summed E-state index contributed by atoms with van der Waals surface area (Å²) in [5, 5.41) is 4.85. The Hall–Kier alpha value is -3.29. The van der Waals surface area contributed by atoms with E-state index in [4.69, 9.17) is 14.8 Å². The van der Waals surface area contributed by atoms with E-state index in [0.717, 1.165) is 24.6 Å². The molecule has 7 rings (SSSR count). The number of fused-ring (bicyclic) bond motifs is 2. The van der Waals surface area contributed by atoms with Gasteiger partial charge < -0.3 is 9.64 Å². The van der Waals surface area contributed by atoms with Crippen molar-refractivity contribution in [2.75, 3.05) is 57.4 Å². The molecule has 3 fully saturated rings. The molecule has 3 saturated heterocycles. The SMILES string of the molecule is FC(F)c1nc2ccccc2n1-c1cc(N2CCOCC2)n2nc(CN3CC(N4CCC(F)(F)CC4)C3)cc2n1. The van der Waals surface area contributed by atoms with E-state index in [-0.39, 0.29) is 24.7 Å². The second-order valence-electron chi connectivity index (χ2n) is 10.8. The van der Waals surface area contributed by atoms with Crippen LogP contribution in [0, 0.1) is 0 Å². The molecule has 0 bridgehead atoms. The summed E-state index contributed by atoms with van der Waals surface area (Å²) in [7, 11) is 0. The van der Waals surface area contributed by atoms with E-state index in [9.17, 15) is 17.6 Å². The molecule has 0 radical (unpaired) electrons. The van der Waals surface area contributed by atoms with Gasteiger partial charge in [0.25, 0.3) is 12.3 Å². The van der Waals surface area contributed by atoms with Gasteiger partial charge in [-0.25, -0.2) is 27.5 Å². The molecule has 9 nitrogen and oxygen atoms in total. The fourth-order valence-corrected chi connectivity index (χ4v) is 5.98. The zero-order valence-corrected chi connectivity index (χ0v) is 21.9. The molecule has 3 aliphatic heterocycles. The van der Waals surface area contributed by atoms with Gasteiger partial charge in [0.05, 0.1) is 29.9 Å². The molecule has 212 valence electrons. The third-order valence-corrected chi connectivity index (χ3v) is 8.16. The Labute approximate surface area is 227 Å². The summed E-state index contributed by atoms with van der Waals surface area (Å²) >= 11 is 0. The third kappa shape index (κ3) is 4.69. The van der Waals surface area contributed by atoms with Crippen molar-refractivity contribution < 1.29 is 22.3 Å². The molecule has 0 N–H and O–H groups in total. The smallest absolute Gasteiger partial charge is 0.296 e. The Bertz CT molecular complexity index is 1520. The number of benzene rings is 1. The maximum absolute atomic E-state index is 14.1. The van der Waals surface area contributed by atoms with Crippen molar-refractivity contribution in [1.29, 1.82) is 0 Å². The first-order chi connectivity index (χ1) is 19.3. The van der Waals surface area contributed by atoms with Crippen LogP contribution in [0.4, 0.5) is 23.4 Å². The van der Waals surface area contributed by atoms with Crippen LogP contribution in [0.2, 0.25) is 0 Å². The molecule has 0 spiro atoms. The lowest BCUT2D eigenvalue weighted by atomic mass is 10.0. The highest BCUT2D eigenvalue weighted by molar-refractivity contribution is 5.78. The fourth-order valence-electron chi connectivity index (χ4n) is 5.98. The largest absolute Gasteiger partial charge is 0.378 e. The minimum absolute atomic E-state index is 0.0757. The summed E-state index contributed by atoms with van der Waals surface area (Å²) in [4.78, 5) is 15.5. The van der Waals surface area contributed by atoms with E-state index < -0.39 is 12.3 Å². The van der Waals surface area contributed by atoms with Crippen molar-refractivity contribution in [2.45, 2.75) is 37.8 Å². The van der Waals surface area contributed by atoms with Gasteiger partial charge in [-0.05, 0) is 12.1 Å². The second-order valence-corrected chi connectivity index (χ2v) is 10.8. The van der Waals surface area contributed by atoms with E-state index in [1.165, 1.54) is 4.57 Å². The third-order valence-electron chi connectivity index (χ3n) is 8.16. The molecule has 1 aromatic carbocycles. The lowest BCUT2D eigenvalue weighted by Gasteiger charge is -2.47. The summed E-state index contributed by atoms with van der Waals surface area (Å²) in [6.07, 6.45) is -2.93. The highest BCUT2D eigenvalue weighted by Crippen LogP contribution is 2.32. The molecule has 6 heterocycles. The zero-order chi connectivity index (χ0) is 27.4. The number of hydrogen-bond donors (Lipinski definition) is 0. The number of halogens is 4. The number of morpholine rings is 1. The van der Waals surface area contributed by atoms with Crippen LogP contribution in [0.1, 0.15) is 30.8 Å². The lowest BCUT2D eigenvalue weighted by Crippen LogP contribution is -2.60. The van der Waals surface area contributed by atoms with Crippen molar-refractivity contribution in [3.05, 3.63) is 47.9 Å². The molecule has 0 amide bonds. The topological polar surface area (TPSA) is 67.0 Å². The molecule has 0 unspecified atom stereocenters. The van der Waals surface area contributed by atoms with Gasteiger partial charge in [0.1, 0.15) is 11.6 Å². The first-order valence-corrected chi connectivity index (χ1v) is 13.7. The first-order valence-electron chi connectivity index (χ1n) is 13.7. The maximum atomic E-state index is 14.1. The quantitative estimate of drug-likeness (QED) is 0.334. The summed E-state index contributed by atoms with van der Waals surface area (Å²) in [6, 6.07) is 11.0. The Morgan fingerprint density at radius 1 is 0.975 bits per heavy atom. The van der Waals surface area contributed by atoms with Gasteiger partial charge in [-0.15, -0.1) is 0 Å². The maximum Gasteiger partial charge on any atom is 0.296 e. The number of nitrogens with zero attached hydrogens (tertiary/aromatic N) is 8. The highest BCUT2D eigenvalue weighted by atomic mass is 19.3. The molecular formula is C27H30F4N8O. The minimum atomic E-state index is -2.77. The fraction of sp³-hybridized carbons (Fsp3) is 0.519. The van der Waals surface area contributed by atoms with Gasteiger partial charge in [-0.1, -0.05) is 12.1 Å². The first kappa shape index (κ1) is 25.7. The number of ether oxygens (including phenoxy) is 1. The normalized spacial score (nSPS) is 21.1. The van der Waals surface area contributed by atoms with Gasteiger partial charge >= 0.3 is 0 Å². The minimum Gasteiger partial charge on any atom is -0.378 e. The van der Waals surface area contributed by atoms with Crippen LogP contribution in [0.3, 0.4) is 0 Å². The van der Waals surface area contributed by atoms with Crippen molar-refractivity contribution >= 4 is 22.5 Å². The van der Waals surface area contributed by atoms with Gasteiger partial charge in [0.2, 0.25) is 0 Å². The molecule has 4 aromatic rings. The van der Waals surface area contributed by atoms with Gasteiger partial charge in [0, 0.05) is 76.8 Å². The van der Waals surface area contributed by atoms with Crippen LogP contribution < -0.4 is 4.90 Å². The van der Waals surface area contributed by atoms with Gasteiger partial charge in [-0.3, -0.25) is 14.4 Å². The van der Waals surface area contributed by atoms with E-state index >= 15 is 0 Å². The van der Waals surface area contributed by atoms with E-state index in [0.29, 0.717) is 68.4 Å². The Balaban J connectivity index is 1.20. The number of alkyl halides is 4. The highest BCUT2D eigenvalue weighted by Gasteiger charge is 2.39. The van der Waals surface area contributed by atoms with Gasteiger partial charge in [0.15, 0.2) is 11.5 Å². The van der Waals surface area contributed by atoms with Crippen LogP contribution in [0.25, 0.3) is 22.5 Å². The summed E-state index contributed by atoms with van der Waals surface area (Å²) < 4.78 is 64.1. The number of likely N-dealkylation sites (tertiary alicyclic amines) is 2. The monoisotopic (exact) mass is 558 g/mol. The number of aromatic nitrogens is 5. The Morgan fingerprint density at radius 2 is 1.73 bits per heavy atom. The number of para-hydroxylation sites is 2. The molecule has 40 heavy (non-hydrogen) atoms. The number of hydrogen-bond acceptors (Lipinski definition) is 7. The van der Waals surface area contributed by atoms with Crippen molar-refractivity contribution in [2.24, 2.45) is 0 Å². The van der Waals surface area contributed by atoms with Crippen LogP contribution >= 0.6 is 0 Å². The standard InChI is InChI=1S/C27H30F4N8O/c28-25(29)26-32-20-3-1-2-4-21(20)38(26)22-14-24(37-9-11-40-12-10-37)39-23(33-22)13-18(34-39)15-35-16-19(17-35)36-7-5-27(30,31)6-8-36/h1-4,13-14,19,25H,5-12,15-17H2. The summed E-state index contributed by atoms with van der Waals surface area (Å²) in [5.74, 6) is -1.79. The van der Waals surface area contributed by atoms with E-state index in [1.54, 1.807) is 34.8 Å². The molecule has 0 atom stereocenters. The van der Waals surface area contributed by atoms with Crippen molar-refractivity contribution in [3.8, 4) is 5.82 Å². The number of imidazole rings is 1. The predicted octanol–water partition coefficient (Wildman–Crippen LogP) is 3.76. The number of anilines is 1. The van der Waals surface area contributed by atoms with Crippen LogP contribution in [0.5, 0.6) is 0 Å². The van der Waals surface area contributed by atoms with Crippen molar-refractivity contribution in [1.82, 2.24) is 33.9 Å². The second kappa shape index (κ2) is 9.96. The zero-order valence-electron chi connectivity index (χ0n) is 21.9. The molecule has 3 aliphatic rings. The molecular weight excluding hydrogens is 528 g/mol. The molecule has 13 heteroatoms. The molecule has 0 aliphatic carbocycles. The van der Waals surface area contributed by atoms with Crippen molar-refractivity contribution in [3.63, 3.8) is 0 Å². The molecule has 0 saturated carbocycles. The van der Waals surface area contributed by atoms with Gasteiger partial charge in [-0.2, -0.15) is 9.61 Å². The number of piperidine rings is 1.